The molecule has 166 valence electrons. The molecule has 9 heteroatoms. The molecule has 1 fully saturated rings. The minimum Gasteiger partial charge on any atom is -0.474 e. The lowest BCUT2D eigenvalue weighted by Gasteiger charge is -2.33. The number of alkyl halides is 1. The van der Waals surface area contributed by atoms with E-state index < -0.39 is 11.3 Å². The van der Waals surface area contributed by atoms with Crippen LogP contribution in [0.4, 0.5) is 10.3 Å². The van der Waals surface area contributed by atoms with Gasteiger partial charge in [0.05, 0.1) is 28.6 Å². The molecule has 0 bridgehead atoms. The van der Waals surface area contributed by atoms with Crippen molar-refractivity contribution in [3.05, 3.63) is 35.5 Å². The van der Waals surface area contributed by atoms with Gasteiger partial charge in [-0.3, -0.25) is 0 Å². The summed E-state index contributed by atoms with van der Waals surface area (Å²) >= 11 is 0. The lowest BCUT2D eigenvalue weighted by atomic mass is 9.77. The molecule has 8 nitrogen and oxygen atoms in total. The number of nitriles is 1. The van der Waals surface area contributed by atoms with Crippen molar-refractivity contribution in [1.29, 1.82) is 5.26 Å². The molecular weight excluding hydrogens is 399 g/mol. The fourth-order valence-corrected chi connectivity index (χ4v) is 3.81. The second-order valence-corrected chi connectivity index (χ2v) is 9.04. The average molecular weight is 429 g/mol. The molecular formula is C22H29FN6O2. The average Bonchev–Trinajstić information content (AvgIpc) is 2.70. The number of anilines is 1. The predicted octanol–water partition coefficient (Wildman–Crippen LogP) is 3.36. The number of nitrogens with one attached hydrogen (secondary N) is 1. The van der Waals surface area contributed by atoms with Gasteiger partial charge in [-0.05, 0) is 52.4 Å². The van der Waals surface area contributed by atoms with Crippen molar-refractivity contribution < 1.29 is 14.2 Å². The van der Waals surface area contributed by atoms with Crippen LogP contribution in [-0.2, 0) is 13.0 Å². The molecule has 2 aromatic heterocycles. The molecule has 0 aliphatic heterocycles. The molecule has 0 saturated heterocycles. The van der Waals surface area contributed by atoms with Crippen LogP contribution in [-0.4, -0.2) is 42.9 Å². The van der Waals surface area contributed by atoms with E-state index in [0.29, 0.717) is 41.5 Å². The second kappa shape index (κ2) is 9.52. The van der Waals surface area contributed by atoms with Crippen molar-refractivity contribution in [1.82, 2.24) is 19.9 Å². The SMILES string of the molecule is CC(C)(F)COc1ncncc1CNc1ncc(C#N)c(C[C@H]2CCC[C@@](C)(O)C2)n1. The van der Waals surface area contributed by atoms with Crippen molar-refractivity contribution in [3.63, 3.8) is 0 Å². The molecule has 0 amide bonds. The maximum atomic E-state index is 13.8. The molecule has 0 aromatic carbocycles. The van der Waals surface area contributed by atoms with Crippen LogP contribution in [0.3, 0.4) is 0 Å². The van der Waals surface area contributed by atoms with Crippen LogP contribution in [0.1, 0.15) is 63.3 Å². The summed E-state index contributed by atoms with van der Waals surface area (Å²) < 4.78 is 19.3. The summed E-state index contributed by atoms with van der Waals surface area (Å²) in [5, 5.41) is 22.9. The van der Waals surface area contributed by atoms with Crippen LogP contribution >= 0.6 is 0 Å². The normalized spacial score (nSPS) is 21.4. The topological polar surface area (TPSA) is 117 Å². The Balaban J connectivity index is 1.69. The van der Waals surface area contributed by atoms with Crippen molar-refractivity contribution in [2.75, 3.05) is 11.9 Å². The number of aliphatic hydroxyl groups is 1. The van der Waals surface area contributed by atoms with Gasteiger partial charge in [-0.25, -0.2) is 24.3 Å². The zero-order chi connectivity index (χ0) is 22.5. The molecule has 3 rings (SSSR count). The van der Waals surface area contributed by atoms with Gasteiger partial charge in [0.25, 0.3) is 0 Å². The fourth-order valence-electron chi connectivity index (χ4n) is 3.81. The van der Waals surface area contributed by atoms with Gasteiger partial charge in [0.15, 0.2) is 0 Å². The Labute approximate surface area is 181 Å². The summed E-state index contributed by atoms with van der Waals surface area (Å²) in [4.78, 5) is 16.9. The van der Waals surface area contributed by atoms with E-state index in [2.05, 4.69) is 31.3 Å². The number of halogens is 1. The van der Waals surface area contributed by atoms with Gasteiger partial charge in [0, 0.05) is 12.7 Å². The molecule has 0 radical (unpaired) electrons. The van der Waals surface area contributed by atoms with Gasteiger partial charge in [-0.15, -0.1) is 0 Å². The zero-order valence-corrected chi connectivity index (χ0v) is 18.2. The van der Waals surface area contributed by atoms with Crippen LogP contribution in [0.25, 0.3) is 0 Å². The van der Waals surface area contributed by atoms with Gasteiger partial charge in [-0.2, -0.15) is 5.26 Å². The van der Waals surface area contributed by atoms with Crippen LogP contribution in [0, 0.1) is 17.2 Å². The number of ether oxygens (including phenoxy) is 1. The number of nitrogens with zero attached hydrogens (tertiary/aromatic N) is 5. The van der Waals surface area contributed by atoms with Gasteiger partial charge < -0.3 is 15.2 Å². The Kier molecular flexibility index (Phi) is 7.01. The summed E-state index contributed by atoms with van der Waals surface area (Å²) in [6.07, 6.45) is 8.52. The third kappa shape index (κ3) is 6.82. The lowest BCUT2D eigenvalue weighted by molar-refractivity contribution is 0.00107. The Morgan fingerprint density at radius 2 is 2.19 bits per heavy atom. The third-order valence-corrected chi connectivity index (χ3v) is 5.26. The summed E-state index contributed by atoms with van der Waals surface area (Å²) in [5.74, 6) is 0.939. The maximum absolute atomic E-state index is 13.8. The molecule has 2 heterocycles. The van der Waals surface area contributed by atoms with E-state index in [4.69, 9.17) is 4.74 Å². The van der Waals surface area contributed by atoms with Crippen LogP contribution in [0.2, 0.25) is 0 Å². The van der Waals surface area contributed by atoms with E-state index >= 15 is 0 Å². The van der Waals surface area contributed by atoms with Crippen molar-refractivity contribution >= 4 is 5.95 Å². The first-order chi connectivity index (χ1) is 14.6. The number of hydrogen-bond donors (Lipinski definition) is 2. The number of rotatable bonds is 8. The minimum atomic E-state index is -1.48. The van der Waals surface area contributed by atoms with E-state index in [1.54, 1.807) is 6.20 Å². The standard InChI is InChI=1S/C22H29FN6O2/c1-21(2,23)13-31-19-17(10-25-14-28-19)12-27-20-26-11-16(9-24)18(29-20)7-15-5-4-6-22(3,30)8-15/h10-11,14-15,30H,4-8,12-13H2,1-3H3,(H,26,27,29)/t15-,22-/m1/s1. The number of aromatic nitrogens is 4. The predicted molar refractivity (Wildman–Crippen MR) is 113 cm³/mol. The smallest absolute Gasteiger partial charge is 0.223 e. The molecule has 2 atom stereocenters. The monoisotopic (exact) mass is 428 g/mol. The maximum Gasteiger partial charge on any atom is 0.223 e. The molecule has 1 saturated carbocycles. The molecule has 1 aliphatic carbocycles. The number of hydrogen-bond acceptors (Lipinski definition) is 8. The molecule has 1 aliphatic rings. The Morgan fingerprint density at radius 3 is 2.90 bits per heavy atom. The molecule has 2 N–H and O–H groups in total. The van der Waals surface area contributed by atoms with E-state index in [-0.39, 0.29) is 19.1 Å². The second-order valence-electron chi connectivity index (χ2n) is 9.04. The Morgan fingerprint density at radius 1 is 1.39 bits per heavy atom. The molecule has 31 heavy (non-hydrogen) atoms. The van der Waals surface area contributed by atoms with Crippen LogP contribution < -0.4 is 10.1 Å². The Hall–Kier alpha value is -2.86. The van der Waals surface area contributed by atoms with Gasteiger partial charge in [0.2, 0.25) is 11.8 Å². The first-order valence-corrected chi connectivity index (χ1v) is 10.5. The third-order valence-electron chi connectivity index (χ3n) is 5.26. The van der Waals surface area contributed by atoms with Gasteiger partial charge >= 0.3 is 0 Å². The summed E-state index contributed by atoms with van der Waals surface area (Å²) in [6, 6.07) is 2.16. The van der Waals surface area contributed by atoms with Crippen molar-refractivity contribution in [2.45, 2.75) is 70.7 Å². The van der Waals surface area contributed by atoms with E-state index in [9.17, 15) is 14.8 Å². The van der Waals surface area contributed by atoms with E-state index in [0.717, 1.165) is 19.3 Å². The highest BCUT2D eigenvalue weighted by atomic mass is 19.1. The first-order valence-electron chi connectivity index (χ1n) is 10.5. The lowest BCUT2D eigenvalue weighted by Crippen LogP contribution is -2.32. The van der Waals surface area contributed by atoms with E-state index in [1.165, 1.54) is 26.4 Å². The Bertz CT molecular complexity index is 938. The van der Waals surface area contributed by atoms with Crippen molar-refractivity contribution in [3.8, 4) is 11.9 Å². The highest BCUT2D eigenvalue weighted by molar-refractivity contribution is 5.38. The minimum absolute atomic E-state index is 0.125. The van der Waals surface area contributed by atoms with Crippen molar-refractivity contribution in [2.24, 2.45) is 5.92 Å². The van der Waals surface area contributed by atoms with Crippen LogP contribution in [0.5, 0.6) is 5.88 Å². The van der Waals surface area contributed by atoms with Gasteiger partial charge in [0.1, 0.15) is 24.7 Å². The molecule has 2 aromatic rings. The fraction of sp³-hybridized carbons (Fsp3) is 0.591. The highest BCUT2D eigenvalue weighted by Crippen LogP contribution is 2.34. The molecule has 0 spiro atoms. The summed E-state index contributed by atoms with van der Waals surface area (Å²) in [5.41, 5.74) is -0.396. The zero-order valence-electron chi connectivity index (χ0n) is 18.2. The highest BCUT2D eigenvalue weighted by Gasteiger charge is 2.30. The van der Waals surface area contributed by atoms with Crippen LogP contribution in [0.15, 0.2) is 18.7 Å². The quantitative estimate of drug-likeness (QED) is 0.657. The largest absolute Gasteiger partial charge is 0.474 e. The van der Waals surface area contributed by atoms with E-state index in [1.807, 2.05) is 6.92 Å². The van der Waals surface area contributed by atoms with Gasteiger partial charge in [-0.1, -0.05) is 6.42 Å². The molecule has 0 unspecified atom stereocenters. The first kappa shape index (κ1) is 22.8. The summed E-state index contributed by atoms with van der Waals surface area (Å²) in [7, 11) is 0. The summed E-state index contributed by atoms with van der Waals surface area (Å²) in [6.45, 7) is 4.89.